The number of nitrogen functional groups attached to an aromatic ring is 1. The van der Waals surface area contributed by atoms with Gasteiger partial charge < -0.3 is 10.6 Å². The molecule has 5 heteroatoms. The Morgan fingerprint density at radius 2 is 2.11 bits per heavy atom. The number of nitro benzene ring substituents is 1. The fraction of sp³-hybridized carbons (Fsp3) is 0.538. The van der Waals surface area contributed by atoms with Gasteiger partial charge in [0.15, 0.2) is 0 Å². The summed E-state index contributed by atoms with van der Waals surface area (Å²) in [5.41, 5.74) is 6.94. The van der Waals surface area contributed by atoms with Gasteiger partial charge >= 0.3 is 0 Å². The van der Waals surface area contributed by atoms with Gasteiger partial charge in [0.1, 0.15) is 5.69 Å². The third kappa shape index (κ3) is 2.61. The molecule has 1 aromatic carbocycles. The number of anilines is 1. The monoisotopic (exact) mass is 249 g/mol. The van der Waals surface area contributed by atoms with Gasteiger partial charge in [-0.1, -0.05) is 13.0 Å². The molecule has 18 heavy (non-hydrogen) atoms. The Balaban J connectivity index is 2.15. The van der Waals surface area contributed by atoms with Crippen molar-refractivity contribution in [2.75, 3.05) is 25.4 Å². The molecule has 0 amide bonds. The highest BCUT2D eigenvalue weighted by Gasteiger charge is 2.22. The maximum Gasteiger partial charge on any atom is 0.292 e. The molecule has 1 aliphatic rings. The first-order chi connectivity index (χ1) is 8.61. The van der Waals surface area contributed by atoms with Gasteiger partial charge in [-0.25, -0.2) is 0 Å². The highest BCUT2D eigenvalue weighted by molar-refractivity contribution is 5.59. The molecule has 0 aromatic heterocycles. The van der Waals surface area contributed by atoms with Crippen LogP contribution in [-0.4, -0.2) is 29.5 Å². The van der Waals surface area contributed by atoms with Gasteiger partial charge in [-0.05, 0) is 50.0 Å². The lowest BCUT2D eigenvalue weighted by Crippen LogP contribution is -2.32. The topological polar surface area (TPSA) is 72.4 Å². The first-order valence-electron chi connectivity index (χ1n) is 6.38. The Labute approximate surface area is 107 Å². The number of benzene rings is 1. The van der Waals surface area contributed by atoms with E-state index < -0.39 is 4.92 Å². The van der Waals surface area contributed by atoms with Gasteiger partial charge in [0.2, 0.25) is 0 Å². The van der Waals surface area contributed by atoms with E-state index in [1.54, 1.807) is 12.1 Å². The molecule has 0 unspecified atom stereocenters. The molecule has 2 N–H and O–H groups in total. The molecule has 2 rings (SSSR count). The Kier molecular flexibility index (Phi) is 3.81. The number of piperidine rings is 1. The Morgan fingerprint density at radius 1 is 1.44 bits per heavy atom. The van der Waals surface area contributed by atoms with Crippen molar-refractivity contribution in [1.82, 2.24) is 4.90 Å². The Hall–Kier alpha value is -1.62. The van der Waals surface area contributed by atoms with Crippen molar-refractivity contribution < 1.29 is 4.92 Å². The average molecular weight is 249 g/mol. The normalized spacial score (nSPS) is 17.8. The number of hydrogen-bond donors (Lipinski definition) is 1. The fourth-order valence-electron chi connectivity index (χ4n) is 2.56. The molecule has 5 nitrogen and oxygen atoms in total. The molecular weight excluding hydrogens is 230 g/mol. The second-order valence-electron chi connectivity index (χ2n) is 4.78. The van der Waals surface area contributed by atoms with Gasteiger partial charge in [-0.15, -0.1) is 0 Å². The first-order valence-corrected chi connectivity index (χ1v) is 6.38. The maximum atomic E-state index is 10.9. The SMILES string of the molecule is CCN1CCC(c2ccc(N)c([N+](=O)[O-])c2)CC1. The van der Waals surface area contributed by atoms with Gasteiger partial charge in [0.05, 0.1) is 4.92 Å². The smallest absolute Gasteiger partial charge is 0.292 e. The maximum absolute atomic E-state index is 10.9. The summed E-state index contributed by atoms with van der Waals surface area (Å²) in [5.74, 6) is 0.423. The molecule has 1 heterocycles. The number of nitrogens with two attached hydrogens (primary N) is 1. The highest BCUT2D eigenvalue weighted by Crippen LogP contribution is 2.32. The molecule has 1 fully saturated rings. The molecule has 1 saturated heterocycles. The van der Waals surface area contributed by atoms with Crippen LogP contribution in [-0.2, 0) is 0 Å². The zero-order valence-corrected chi connectivity index (χ0v) is 10.6. The van der Waals surface area contributed by atoms with E-state index in [9.17, 15) is 10.1 Å². The van der Waals surface area contributed by atoms with E-state index in [0.29, 0.717) is 5.92 Å². The summed E-state index contributed by atoms with van der Waals surface area (Å²) >= 11 is 0. The van der Waals surface area contributed by atoms with Crippen LogP contribution >= 0.6 is 0 Å². The van der Waals surface area contributed by atoms with Crippen LogP contribution in [0.3, 0.4) is 0 Å². The fourth-order valence-corrected chi connectivity index (χ4v) is 2.56. The number of hydrogen-bond acceptors (Lipinski definition) is 4. The molecule has 1 aliphatic heterocycles. The molecule has 0 saturated carbocycles. The highest BCUT2D eigenvalue weighted by atomic mass is 16.6. The second kappa shape index (κ2) is 5.35. The predicted molar refractivity (Wildman–Crippen MR) is 71.6 cm³/mol. The largest absolute Gasteiger partial charge is 0.393 e. The van der Waals surface area contributed by atoms with E-state index in [0.717, 1.165) is 38.0 Å². The van der Waals surface area contributed by atoms with E-state index in [4.69, 9.17) is 5.73 Å². The van der Waals surface area contributed by atoms with Crippen LogP contribution in [0.15, 0.2) is 18.2 Å². The van der Waals surface area contributed by atoms with Crippen molar-refractivity contribution in [3.05, 3.63) is 33.9 Å². The first kappa shape index (κ1) is 12.8. The molecule has 0 aliphatic carbocycles. The van der Waals surface area contributed by atoms with Gasteiger partial charge in [0.25, 0.3) is 5.69 Å². The predicted octanol–water partition coefficient (Wildman–Crippen LogP) is 2.38. The van der Waals surface area contributed by atoms with Gasteiger partial charge in [-0.2, -0.15) is 0 Å². The van der Waals surface area contributed by atoms with Crippen LogP contribution in [0, 0.1) is 10.1 Å². The van der Waals surface area contributed by atoms with E-state index >= 15 is 0 Å². The Bertz CT molecular complexity index is 440. The lowest BCUT2D eigenvalue weighted by molar-refractivity contribution is -0.384. The summed E-state index contributed by atoms with van der Waals surface area (Å²) in [4.78, 5) is 12.9. The lowest BCUT2D eigenvalue weighted by Gasteiger charge is -2.31. The molecule has 1 aromatic rings. The quantitative estimate of drug-likeness (QED) is 0.507. The van der Waals surface area contributed by atoms with Crippen molar-refractivity contribution in [2.45, 2.75) is 25.7 Å². The third-order valence-electron chi connectivity index (χ3n) is 3.76. The van der Waals surface area contributed by atoms with Gasteiger partial charge in [-0.3, -0.25) is 10.1 Å². The van der Waals surface area contributed by atoms with E-state index in [1.165, 1.54) is 0 Å². The van der Waals surface area contributed by atoms with Crippen LogP contribution in [0.1, 0.15) is 31.2 Å². The van der Waals surface area contributed by atoms with Crippen LogP contribution in [0.2, 0.25) is 0 Å². The standard InChI is InChI=1S/C13H19N3O2/c1-2-15-7-5-10(6-8-15)11-3-4-12(14)13(9-11)16(17)18/h3-4,9-10H,2,5-8,14H2,1H3. The van der Waals surface area contributed by atoms with E-state index in [2.05, 4.69) is 11.8 Å². The van der Waals surface area contributed by atoms with Crippen LogP contribution in [0.4, 0.5) is 11.4 Å². The number of likely N-dealkylation sites (tertiary alicyclic amines) is 1. The summed E-state index contributed by atoms with van der Waals surface area (Å²) in [6, 6.07) is 5.22. The number of nitro groups is 1. The van der Waals surface area contributed by atoms with Crippen LogP contribution in [0.25, 0.3) is 0 Å². The third-order valence-corrected chi connectivity index (χ3v) is 3.76. The zero-order valence-electron chi connectivity index (χ0n) is 10.6. The molecule has 0 spiro atoms. The van der Waals surface area contributed by atoms with Gasteiger partial charge in [0, 0.05) is 6.07 Å². The summed E-state index contributed by atoms with van der Waals surface area (Å²) in [7, 11) is 0. The van der Waals surface area contributed by atoms with Crippen molar-refractivity contribution in [3.63, 3.8) is 0 Å². The summed E-state index contributed by atoms with van der Waals surface area (Å²) in [6.45, 7) is 5.38. The van der Waals surface area contributed by atoms with Crippen molar-refractivity contribution in [3.8, 4) is 0 Å². The molecule has 0 radical (unpaired) electrons. The number of nitrogens with zero attached hydrogens (tertiary/aromatic N) is 2. The van der Waals surface area contributed by atoms with Crippen LogP contribution < -0.4 is 5.73 Å². The van der Waals surface area contributed by atoms with Crippen molar-refractivity contribution in [2.24, 2.45) is 0 Å². The summed E-state index contributed by atoms with van der Waals surface area (Å²) in [6.07, 6.45) is 2.13. The minimum atomic E-state index is -0.403. The average Bonchev–Trinajstić information content (AvgIpc) is 2.39. The molecule has 0 bridgehead atoms. The minimum Gasteiger partial charge on any atom is -0.393 e. The zero-order chi connectivity index (χ0) is 13.1. The van der Waals surface area contributed by atoms with E-state index in [1.807, 2.05) is 6.07 Å². The minimum absolute atomic E-state index is 0.0328. The number of rotatable bonds is 3. The summed E-state index contributed by atoms with van der Waals surface area (Å²) in [5, 5.41) is 10.9. The lowest BCUT2D eigenvalue weighted by atomic mass is 9.89. The summed E-state index contributed by atoms with van der Waals surface area (Å²) < 4.78 is 0. The van der Waals surface area contributed by atoms with Crippen molar-refractivity contribution >= 4 is 11.4 Å². The Morgan fingerprint density at radius 3 is 2.67 bits per heavy atom. The second-order valence-corrected chi connectivity index (χ2v) is 4.78. The molecular formula is C13H19N3O2. The van der Waals surface area contributed by atoms with Crippen LogP contribution in [0.5, 0.6) is 0 Å². The van der Waals surface area contributed by atoms with E-state index in [-0.39, 0.29) is 11.4 Å². The van der Waals surface area contributed by atoms with Crippen molar-refractivity contribution in [1.29, 1.82) is 0 Å². The molecule has 0 atom stereocenters. The molecule has 98 valence electrons.